The summed E-state index contributed by atoms with van der Waals surface area (Å²) < 4.78 is 42.7. The topological polar surface area (TPSA) is 26.3 Å². The van der Waals surface area contributed by atoms with Crippen LogP contribution in [0, 0.1) is 5.41 Å². The van der Waals surface area contributed by atoms with Crippen LogP contribution in [0.2, 0.25) is 0 Å². The van der Waals surface area contributed by atoms with Gasteiger partial charge < -0.3 is 4.74 Å². The Morgan fingerprint density at radius 3 is 2.55 bits per heavy atom. The Morgan fingerprint density at radius 2 is 2.05 bits per heavy atom. The summed E-state index contributed by atoms with van der Waals surface area (Å²) in [6, 6.07) is 0. The fourth-order valence-corrected chi connectivity index (χ4v) is 2.02. The van der Waals surface area contributed by atoms with Gasteiger partial charge in [0.1, 0.15) is 0 Å². The Morgan fingerprint density at radius 1 is 1.45 bits per heavy atom. The van der Waals surface area contributed by atoms with E-state index in [0.29, 0.717) is 5.57 Å². The average Bonchev–Trinajstić information content (AvgIpc) is 2.29. The fraction of sp³-hybridized carbons (Fsp3) is 0.533. The van der Waals surface area contributed by atoms with E-state index >= 15 is 0 Å². The van der Waals surface area contributed by atoms with E-state index in [0.717, 1.165) is 12.0 Å². The van der Waals surface area contributed by atoms with Crippen LogP contribution in [0.5, 0.6) is 0 Å². The summed E-state index contributed by atoms with van der Waals surface area (Å²) in [4.78, 5) is 11.8. The minimum absolute atomic E-state index is 0.0234. The molecule has 1 aliphatic rings. The minimum atomic E-state index is -4.56. The number of halogens is 3. The molecule has 2 nitrogen and oxygen atoms in total. The number of allylic oxidation sites excluding steroid dienone is 4. The summed E-state index contributed by atoms with van der Waals surface area (Å²) in [5, 5.41) is 0. The number of rotatable bonds is 3. The maximum atomic E-state index is 12.7. The molecule has 0 unspecified atom stereocenters. The van der Waals surface area contributed by atoms with Crippen LogP contribution < -0.4 is 0 Å². The second-order valence-electron chi connectivity index (χ2n) is 5.35. The lowest BCUT2D eigenvalue weighted by Gasteiger charge is -2.30. The van der Waals surface area contributed by atoms with Gasteiger partial charge in [-0.25, -0.2) is 4.79 Å². The predicted molar refractivity (Wildman–Crippen MR) is 71.0 cm³/mol. The molecule has 0 aromatic heterocycles. The Bertz CT molecular complexity index is 480. The van der Waals surface area contributed by atoms with Crippen molar-refractivity contribution in [1.82, 2.24) is 0 Å². The van der Waals surface area contributed by atoms with Crippen LogP contribution in [0.15, 0.2) is 34.9 Å². The maximum absolute atomic E-state index is 12.7. The number of esters is 1. The first kappa shape index (κ1) is 16.5. The zero-order valence-corrected chi connectivity index (χ0v) is 12.1. The Hall–Kier alpha value is -1.52. The lowest BCUT2D eigenvalue weighted by Crippen LogP contribution is -2.21. The quantitative estimate of drug-likeness (QED) is 0.570. The van der Waals surface area contributed by atoms with Crippen molar-refractivity contribution in [2.24, 2.45) is 5.41 Å². The van der Waals surface area contributed by atoms with Crippen molar-refractivity contribution in [3.63, 3.8) is 0 Å². The van der Waals surface area contributed by atoms with Crippen LogP contribution in [0.3, 0.4) is 0 Å². The Balaban J connectivity index is 3.35. The van der Waals surface area contributed by atoms with Gasteiger partial charge in [-0.2, -0.15) is 13.2 Å². The zero-order chi connectivity index (χ0) is 15.6. The van der Waals surface area contributed by atoms with Crippen molar-refractivity contribution >= 4 is 5.97 Å². The largest absolute Gasteiger partial charge is 0.462 e. The minimum Gasteiger partial charge on any atom is -0.462 e. The molecule has 0 aliphatic heterocycles. The highest BCUT2D eigenvalue weighted by Crippen LogP contribution is 2.39. The summed E-state index contributed by atoms with van der Waals surface area (Å²) in [6.07, 6.45) is -0.467. The van der Waals surface area contributed by atoms with Crippen molar-refractivity contribution < 1.29 is 22.7 Å². The second kappa shape index (κ2) is 5.85. The van der Waals surface area contributed by atoms with Crippen molar-refractivity contribution in [3.8, 4) is 0 Å². The lowest BCUT2D eigenvalue weighted by molar-refractivity contribution is -0.139. The Kier molecular flexibility index (Phi) is 4.84. The number of ether oxygens (including phenoxy) is 1. The monoisotopic (exact) mass is 288 g/mol. The van der Waals surface area contributed by atoms with Gasteiger partial charge in [0.15, 0.2) is 0 Å². The molecule has 0 bridgehead atoms. The molecule has 0 aromatic rings. The van der Waals surface area contributed by atoms with Gasteiger partial charge in [0.2, 0.25) is 0 Å². The van der Waals surface area contributed by atoms with Gasteiger partial charge in [-0.15, -0.1) is 0 Å². The predicted octanol–water partition coefficient (Wildman–Crippen LogP) is 4.34. The first-order chi connectivity index (χ1) is 9.08. The standard InChI is InChI=1S/C15H19F3O2/c1-5-20-13(19)12(9-15(16,17)18)11-7-6-8-14(3,4)10(11)2/h6-7,9H,5,8H2,1-4H3. The van der Waals surface area contributed by atoms with Crippen molar-refractivity contribution in [2.75, 3.05) is 6.61 Å². The molecule has 0 radical (unpaired) electrons. The van der Waals surface area contributed by atoms with Gasteiger partial charge in [-0.1, -0.05) is 31.6 Å². The molecule has 0 spiro atoms. The molecule has 1 rings (SSSR count). The third kappa shape index (κ3) is 3.99. The van der Waals surface area contributed by atoms with Crippen LogP contribution in [0.25, 0.3) is 0 Å². The molecule has 0 aromatic carbocycles. The molecule has 0 heterocycles. The van der Waals surface area contributed by atoms with E-state index < -0.39 is 17.7 Å². The van der Waals surface area contributed by atoms with E-state index in [1.165, 1.54) is 0 Å². The second-order valence-corrected chi connectivity index (χ2v) is 5.35. The molecule has 0 N–H and O–H groups in total. The van der Waals surface area contributed by atoms with Crippen LogP contribution >= 0.6 is 0 Å². The molecule has 0 saturated heterocycles. The highest BCUT2D eigenvalue weighted by atomic mass is 19.4. The van der Waals surface area contributed by atoms with Gasteiger partial charge in [-0.05, 0) is 31.3 Å². The first-order valence-electron chi connectivity index (χ1n) is 6.43. The van der Waals surface area contributed by atoms with E-state index in [-0.39, 0.29) is 18.1 Å². The molecule has 112 valence electrons. The van der Waals surface area contributed by atoms with E-state index in [9.17, 15) is 18.0 Å². The zero-order valence-electron chi connectivity index (χ0n) is 12.1. The number of carbonyl (C=O) groups is 1. The van der Waals surface area contributed by atoms with E-state index in [2.05, 4.69) is 0 Å². The Labute approximate surface area is 117 Å². The highest BCUT2D eigenvalue weighted by molar-refractivity contribution is 5.95. The van der Waals surface area contributed by atoms with Gasteiger partial charge in [0, 0.05) is 6.08 Å². The number of hydrogen-bond acceptors (Lipinski definition) is 2. The molecule has 0 amide bonds. The SMILES string of the molecule is CCOC(=O)C(=CC(F)(F)F)C1=C(C)C(C)(C)CC=C1. The van der Waals surface area contributed by atoms with Crippen LogP contribution in [0.1, 0.15) is 34.1 Å². The van der Waals surface area contributed by atoms with Gasteiger partial charge >= 0.3 is 12.1 Å². The van der Waals surface area contributed by atoms with Crippen LogP contribution in [-0.4, -0.2) is 18.8 Å². The van der Waals surface area contributed by atoms with Crippen molar-refractivity contribution in [1.29, 1.82) is 0 Å². The maximum Gasteiger partial charge on any atom is 0.410 e. The third-order valence-corrected chi connectivity index (χ3v) is 3.43. The number of alkyl halides is 3. The summed E-state index contributed by atoms with van der Waals surface area (Å²) >= 11 is 0. The molecule has 0 fully saturated rings. The average molecular weight is 288 g/mol. The van der Waals surface area contributed by atoms with Crippen molar-refractivity contribution in [3.05, 3.63) is 34.9 Å². The normalized spacial score (nSPS) is 19.2. The molecule has 5 heteroatoms. The number of carbonyl (C=O) groups excluding carboxylic acids is 1. The molecule has 1 aliphatic carbocycles. The van der Waals surface area contributed by atoms with E-state index in [1.54, 1.807) is 26.0 Å². The lowest BCUT2D eigenvalue weighted by atomic mass is 9.75. The number of hydrogen-bond donors (Lipinski definition) is 0. The summed E-state index contributed by atoms with van der Waals surface area (Å²) in [7, 11) is 0. The third-order valence-electron chi connectivity index (χ3n) is 3.43. The van der Waals surface area contributed by atoms with Crippen LogP contribution in [0.4, 0.5) is 13.2 Å². The van der Waals surface area contributed by atoms with Crippen LogP contribution in [-0.2, 0) is 9.53 Å². The summed E-state index contributed by atoms with van der Waals surface area (Å²) in [5.74, 6) is -0.943. The first-order valence-corrected chi connectivity index (χ1v) is 6.43. The van der Waals surface area contributed by atoms with E-state index in [4.69, 9.17) is 4.74 Å². The highest BCUT2D eigenvalue weighted by Gasteiger charge is 2.32. The van der Waals surface area contributed by atoms with Crippen molar-refractivity contribution in [2.45, 2.75) is 40.3 Å². The molecular formula is C15H19F3O2. The van der Waals surface area contributed by atoms with Gasteiger partial charge in [0.25, 0.3) is 0 Å². The molecule has 20 heavy (non-hydrogen) atoms. The molecule has 0 saturated carbocycles. The van der Waals surface area contributed by atoms with E-state index in [1.807, 2.05) is 13.8 Å². The molecule has 0 atom stereocenters. The summed E-state index contributed by atoms with van der Waals surface area (Å²) in [5.41, 5.74) is 0.350. The molecular weight excluding hydrogens is 269 g/mol. The summed E-state index contributed by atoms with van der Waals surface area (Å²) in [6.45, 7) is 7.21. The van der Waals surface area contributed by atoms with Gasteiger partial charge in [0.05, 0.1) is 12.2 Å². The smallest absolute Gasteiger partial charge is 0.410 e. The van der Waals surface area contributed by atoms with Gasteiger partial charge in [-0.3, -0.25) is 0 Å². The fourth-order valence-electron chi connectivity index (χ4n) is 2.02.